The van der Waals surface area contributed by atoms with E-state index in [0.717, 1.165) is 5.41 Å². The number of hydrogen-bond donors (Lipinski definition) is 0. The van der Waals surface area contributed by atoms with Crippen LogP contribution in [0.3, 0.4) is 0 Å². The van der Waals surface area contributed by atoms with E-state index in [4.69, 9.17) is 27.9 Å². The van der Waals surface area contributed by atoms with Crippen LogP contribution in [0.1, 0.15) is 5.56 Å². The average molecular weight is 344 g/mol. The first-order chi connectivity index (χ1) is 9.94. The quantitative estimate of drug-likeness (QED) is 0.791. The number of methoxy groups -OCH3 is 1. The molecule has 4 nitrogen and oxygen atoms in total. The zero-order valence-corrected chi connectivity index (χ0v) is 13.3. The number of para-hydroxylation sites is 1. The summed E-state index contributed by atoms with van der Waals surface area (Å²) in [5, 5.41) is 1.43. The Labute approximate surface area is 132 Å². The molecule has 2 aromatic rings. The van der Waals surface area contributed by atoms with Gasteiger partial charge in [-0.3, -0.25) is 0 Å². The molecule has 110 valence electrons. The van der Waals surface area contributed by atoms with E-state index in [1.54, 1.807) is 24.3 Å². The molecule has 0 unspecified atom stereocenters. The van der Waals surface area contributed by atoms with Crippen molar-refractivity contribution in [1.29, 1.82) is 0 Å². The Balaban J connectivity index is 2.39. The number of sulfone groups is 1. The number of halogens is 2. The Hall–Kier alpha value is -1.56. The molecule has 1 aromatic heterocycles. The van der Waals surface area contributed by atoms with E-state index in [9.17, 15) is 8.42 Å². The van der Waals surface area contributed by atoms with Crippen molar-refractivity contribution in [3.63, 3.8) is 0 Å². The first-order valence-electron chi connectivity index (χ1n) is 5.82. The Morgan fingerprint density at radius 3 is 2.52 bits per heavy atom. The SMILES string of the molecule is COc1ccccc1S(=O)(=O)/C=C/c1ccc(Cl)nc1Cl. The second kappa shape index (κ2) is 6.47. The van der Waals surface area contributed by atoms with E-state index in [0.29, 0.717) is 5.56 Å². The van der Waals surface area contributed by atoms with Gasteiger partial charge in [-0.05, 0) is 30.3 Å². The van der Waals surface area contributed by atoms with Gasteiger partial charge in [0.2, 0.25) is 9.84 Å². The third kappa shape index (κ3) is 3.75. The highest BCUT2D eigenvalue weighted by Gasteiger charge is 2.16. The smallest absolute Gasteiger partial charge is 0.203 e. The second-order valence-corrected chi connectivity index (χ2v) is 6.56. The van der Waals surface area contributed by atoms with Crippen LogP contribution in [-0.4, -0.2) is 20.5 Å². The van der Waals surface area contributed by atoms with Crippen LogP contribution in [0.4, 0.5) is 0 Å². The van der Waals surface area contributed by atoms with Crippen LogP contribution >= 0.6 is 23.2 Å². The predicted octanol–water partition coefficient (Wildman–Crippen LogP) is 3.84. The van der Waals surface area contributed by atoms with Gasteiger partial charge in [0.25, 0.3) is 0 Å². The normalized spacial score (nSPS) is 11.8. The van der Waals surface area contributed by atoms with Crippen LogP contribution in [0.5, 0.6) is 5.75 Å². The highest BCUT2D eigenvalue weighted by atomic mass is 35.5. The van der Waals surface area contributed by atoms with Crippen LogP contribution in [0.2, 0.25) is 10.3 Å². The summed E-state index contributed by atoms with van der Waals surface area (Å²) < 4.78 is 29.7. The Kier molecular flexibility index (Phi) is 4.88. The van der Waals surface area contributed by atoms with E-state index in [2.05, 4.69) is 4.98 Å². The number of benzene rings is 1. The van der Waals surface area contributed by atoms with Gasteiger partial charge in [-0.2, -0.15) is 0 Å². The Morgan fingerprint density at radius 2 is 1.86 bits per heavy atom. The topological polar surface area (TPSA) is 56.3 Å². The molecular weight excluding hydrogens is 333 g/mol. The standard InChI is InChI=1S/C14H11Cl2NO3S/c1-20-11-4-2-3-5-12(11)21(18,19)9-8-10-6-7-13(15)17-14(10)16/h2-9H,1H3/b9-8+. The van der Waals surface area contributed by atoms with E-state index in [1.807, 2.05) is 0 Å². The molecule has 0 N–H and O–H groups in total. The van der Waals surface area contributed by atoms with Gasteiger partial charge in [0, 0.05) is 11.0 Å². The molecular formula is C14H11Cl2NO3S. The van der Waals surface area contributed by atoms with Crippen LogP contribution < -0.4 is 4.74 Å². The number of ether oxygens (including phenoxy) is 1. The van der Waals surface area contributed by atoms with Crippen molar-refractivity contribution >= 4 is 39.1 Å². The van der Waals surface area contributed by atoms with Crippen LogP contribution in [0, 0.1) is 0 Å². The molecule has 0 spiro atoms. The molecule has 1 heterocycles. The van der Waals surface area contributed by atoms with Crippen LogP contribution in [0.25, 0.3) is 6.08 Å². The molecule has 0 aliphatic heterocycles. The molecule has 0 bridgehead atoms. The zero-order valence-electron chi connectivity index (χ0n) is 11.0. The average Bonchev–Trinajstić information content (AvgIpc) is 2.46. The maximum absolute atomic E-state index is 12.3. The minimum Gasteiger partial charge on any atom is -0.495 e. The minimum absolute atomic E-state index is 0.0850. The lowest BCUT2D eigenvalue weighted by Crippen LogP contribution is -1.99. The summed E-state index contributed by atoms with van der Waals surface area (Å²) in [7, 11) is -2.24. The number of rotatable bonds is 4. The lowest BCUT2D eigenvalue weighted by atomic mass is 10.3. The van der Waals surface area contributed by atoms with Crippen molar-refractivity contribution in [2.45, 2.75) is 4.90 Å². The number of hydrogen-bond acceptors (Lipinski definition) is 4. The summed E-state index contributed by atoms with van der Waals surface area (Å²) in [5.41, 5.74) is 0.458. The van der Waals surface area contributed by atoms with Crippen molar-refractivity contribution in [3.05, 3.63) is 57.7 Å². The van der Waals surface area contributed by atoms with Crippen LogP contribution in [0.15, 0.2) is 46.7 Å². The van der Waals surface area contributed by atoms with Gasteiger partial charge in [-0.1, -0.05) is 35.3 Å². The number of nitrogens with zero attached hydrogens (tertiary/aromatic N) is 1. The van der Waals surface area contributed by atoms with E-state index < -0.39 is 9.84 Å². The first-order valence-corrected chi connectivity index (χ1v) is 8.12. The molecule has 0 fully saturated rings. The summed E-state index contributed by atoms with van der Waals surface area (Å²) in [6.07, 6.45) is 1.37. The monoisotopic (exact) mass is 343 g/mol. The maximum Gasteiger partial charge on any atom is 0.203 e. The van der Waals surface area contributed by atoms with Gasteiger partial charge < -0.3 is 4.74 Å². The third-order valence-corrected chi connectivity index (χ3v) is 4.60. The van der Waals surface area contributed by atoms with Crippen molar-refractivity contribution in [2.75, 3.05) is 7.11 Å². The van der Waals surface area contributed by atoms with Gasteiger partial charge in [0.05, 0.1) is 7.11 Å². The van der Waals surface area contributed by atoms with Crippen molar-refractivity contribution in [3.8, 4) is 5.75 Å². The molecule has 0 amide bonds. The predicted molar refractivity (Wildman–Crippen MR) is 83.5 cm³/mol. The summed E-state index contributed by atoms with van der Waals surface area (Å²) in [5.74, 6) is 0.280. The fraction of sp³-hybridized carbons (Fsp3) is 0.0714. The summed E-state index contributed by atoms with van der Waals surface area (Å²) >= 11 is 11.6. The number of aromatic nitrogens is 1. The molecule has 0 saturated heterocycles. The van der Waals surface area contributed by atoms with E-state index in [-0.39, 0.29) is 21.0 Å². The highest BCUT2D eigenvalue weighted by Crippen LogP contribution is 2.26. The fourth-order valence-electron chi connectivity index (χ4n) is 1.64. The summed E-state index contributed by atoms with van der Waals surface area (Å²) in [4.78, 5) is 3.93. The maximum atomic E-state index is 12.3. The van der Waals surface area contributed by atoms with Crippen molar-refractivity contribution in [1.82, 2.24) is 4.98 Å². The summed E-state index contributed by atoms with van der Waals surface area (Å²) in [6.45, 7) is 0. The molecule has 21 heavy (non-hydrogen) atoms. The number of pyridine rings is 1. The first kappa shape index (κ1) is 15.8. The fourth-order valence-corrected chi connectivity index (χ4v) is 3.22. The van der Waals surface area contributed by atoms with Crippen molar-refractivity contribution < 1.29 is 13.2 Å². The Bertz CT molecular complexity index is 789. The largest absolute Gasteiger partial charge is 0.495 e. The second-order valence-electron chi connectivity index (χ2n) is 4.01. The zero-order chi connectivity index (χ0) is 15.5. The molecule has 0 saturated carbocycles. The molecule has 0 radical (unpaired) electrons. The van der Waals surface area contributed by atoms with Crippen LogP contribution in [-0.2, 0) is 9.84 Å². The van der Waals surface area contributed by atoms with Gasteiger partial charge >= 0.3 is 0 Å². The van der Waals surface area contributed by atoms with Crippen molar-refractivity contribution in [2.24, 2.45) is 0 Å². The molecule has 0 atom stereocenters. The third-order valence-electron chi connectivity index (χ3n) is 2.65. The minimum atomic E-state index is -3.65. The molecule has 2 rings (SSSR count). The molecule has 1 aromatic carbocycles. The molecule has 0 aliphatic rings. The van der Waals surface area contributed by atoms with E-state index in [1.165, 1.54) is 25.3 Å². The lowest BCUT2D eigenvalue weighted by molar-refractivity contribution is 0.403. The van der Waals surface area contributed by atoms with Gasteiger partial charge in [0.15, 0.2) is 0 Å². The Morgan fingerprint density at radius 1 is 1.14 bits per heavy atom. The van der Waals surface area contributed by atoms with Gasteiger partial charge in [-0.25, -0.2) is 13.4 Å². The lowest BCUT2D eigenvalue weighted by Gasteiger charge is -2.06. The van der Waals surface area contributed by atoms with Gasteiger partial charge in [0.1, 0.15) is 21.0 Å². The van der Waals surface area contributed by atoms with Gasteiger partial charge in [-0.15, -0.1) is 0 Å². The highest BCUT2D eigenvalue weighted by molar-refractivity contribution is 7.94. The van der Waals surface area contributed by atoms with E-state index >= 15 is 0 Å². The molecule has 0 aliphatic carbocycles. The summed E-state index contributed by atoms with van der Waals surface area (Å²) in [6, 6.07) is 9.49. The molecule has 7 heteroatoms.